The number of benzene rings is 1. The predicted octanol–water partition coefficient (Wildman–Crippen LogP) is 3.56. The monoisotopic (exact) mass is 320 g/mol. The van der Waals surface area contributed by atoms with Gasteiger partial charge in [-0.25, -0.2) is 4.98 Å². The number of nitrogens with two attached hydrogens (primary N) is 1. The van der Waals surface area contributed by atoms with E-state index in [2.05, 4.69) is 15.1 Å². The van der Waals surface area contributed by atoms with Crippen molar-refractivity contribution in [1.82, 2.24) is 15.1 Å². The molecular weight excluding hydrogens is 311 g/mol. The zero-order valence-corrected chi connectivity index (χ0v) is 12.3. The summed E-state index contributed by atoms with van der Waals surface area (Å²) in [4.78, 5) is 8.41. The minimum absolute atomic E-state index is 0.314. The summed E-state index contributed by atoms with van der Waals surface area (Å²) < 4.78 is 5.24. The molecule has 3 rings (SSSR count). The maximum atomic E-state index is 6.08. The van der Waals surface area contributed by atoms with Crippen molar-refractivity contribution in [3.05, 3.63) is 52.1 Å². The number of rotatable bonds is 3. The molecule has 0 radical (unpaired) electrons. The Kier molecular flexibility index (Phi) is 3.88. The van der Waals surface area contributed by atoms with E-state index in [-0.39, 0.29) is 0 Å². The molecule has 21 heavy (non-hydrogen) atoms. The lowest BCUT2D eigenvalue weighted by molar-refractivity contribution is 0.432. The average molecular weight is 321 g/mol. The maximum absolute atomic E-state index is 6.08. The van der Waals surface area contributed by atoms with Gasteiger partial charge in [0.1, 0.15) is 5.69 Å². The minimum atomic E-state index is 0.314. The molecule has 1 aromatic carbocycles. The Balaban J connectivity index is 1.95. The van der Waals surface area contributed by atoms with Gasteiger partial charge in [0, 0.05) is 18.3 Å². The summed E-state index contributed by atoms with van der Waals surface area (Å²) in [7, 11) is 0. The van der Waals surface area contributed by atoms with Crippen molar-refractivity contribution < 1.29 is 4.52 Å². The van der Waals surface area contributed by atoms with E-state index in [1.807, 2.05) is 24.3 Å². The SMILES string of the molecule is NCc1ccc(-c2nc(-c3ncc(Cl)cc3Cl)no2)cc1. The predicted molar refractivity (Wildman–Crippen MR) is 80.9 cm³/mol. The summed E-state index contributed by atoms with van der Waals surface area (Å²) in [6.07, 6.45) is 1.48. The second kappa shape index (κ2) is 5.81. The van der Waals surface area contributed by atoms with Crippen LogP contribution in [0.1, 0.15) is 5.56 Å². The molecule has 3 aromatic rings. The Morgan fingerprint density at radius 1 is 1.14 bits per heavy atom. The van der Waals surface area contributed by atoms with Gasteiger partial charge in [-0.15, -0.1) is 0 Å². The summed E-state index contributed by atoms with van der Waals surface area (Å²) in [6.45, 7) is 0.486. The molecule has 2 N–H and O–H groups in total. The highest BCUT2D eigenvalue weighted by Gasteiger charge is 2.14. The Morgan fingerprint density at radius 2 is 1.90 bits per heavy atom. The zero-order valence-electron chi connectivity index (χ0n) is 10.8. The zero-order chi connectivity index (χ0) is 14.8. The normalized spacial score (nSPS) is 10.8. The van der Waals surface area contributed by atoms with E-state index >= 15 is 0 Å². The molecule has 0 saturated carbocycles. The van der Waals surface area contributed by atoms with E-state index in [9.17, 15) is 0 Å². The van der Waals surface area contributed by atoms with Crippen LogP contribution in [0, 0.1) is 0 Å². The number of hydrogen-bond acceptors (Lipinski definition) is 5. The smallest absolute Gasteiger partial charge is 0.258 e. The second-order valence-corrected chi connectivity index (χ2v) is 5.15. The summed E-state index contributed by atoms with van der Waals surface area (Å²) in [5, 5.41) is 4.71. The number of halogens is 2. The van der Waals surface area contributed by atoms with Crippen LogP contribution in [0.2, 0.25) is 10.0 Å². The standard InChI is InChI=1S/C14H10Cl2N4O/c15-10-5-11(16)12(18-7-10)13-19-14(21-20-13)9-3-1-8(6-17)2-4-9/h1-5,7H,6,17H2. The molecule has 0 bridgehead atoms. The topological polar surface area (TPSA) is 77.8 Å². The van der Waals surface area contributed by atoms with E-state index in [0.29, 0.717) is 34.0 Å². The Labute approximate surface area is 130 Å². The lowest BCUT2D eigenvalue weighted by atomic mass is 10.1. The highest BCUT2D eigenvalue weighted by molar-refractivity contribution is 6.35. The van der Waals surface area contributed by atoms with Gasteiger partial charge in [0.15, 0.2) is 0 Å². The third kappa shape index (κ3) is 2.90. The largest absolute Gasteiger partial charge is 0.334 e. The number of pyridine rings is 1. The van der Waals surface area contributed by atoms with Crippen LogP contribution in [-0.2, 0) is 6.54 Å². The van der Waals surface area contributed by atoms with Crippen molar-refractivity contribution in [3.8, 4) is 23.0 Å². The number of aromatic nitrogens is 3. The fourth-order valence-electron chi connectivity index (χ4n) is 1.80. The first-order valence-electron chi connectivity index (χ1n) is 6.12. The van der Waals surface area contributed by atoms with Crippen molar-refractivity contribution >= 4 is 23.2 Å². The van der Waals surface area contributed by atoms with Crippen LogP contribution in [0.25, 0.3) is 23.0 Å². The van der Waals surface area contributed by atoms with E-state index < -0.39 is 0 Å². The third-order valence-corrected chi connectivity index (χ3v) is 3.38. The van der Waals surface area contributed by atoms with Crippen molar-refractivity contribution in [2.24, 2.45) is 5.73 Å². The van der Waals surface area contributed by atoms with Crippen molar-refractivity contribution in [3.63, 3.8) is 0 Å². The Bertz CT molecular complexity index is 771. The van der Waals surface area contributed by atoms with Gasteiger partial charge in [0.25, 0.3) is 5.89 Å². The summed E-state index contributed by atoms with van der Waals surface area (Å²) in [5.41, 5.74) is 7.82. The van der Waals surface area contributed by atoms with Gasteiger partial charge in [-0.05, 0) is 23.8 Å². The molecule has 0 aliphatic carbocycles. The van der Waals surface area contributed by atoms with Crippen LogP contribution in [-0.4, -0.2) is 15.1 Å². The van der Waals surface area contributed by atoms with Crippen LogP contribution >= 0.6 is 23.2 Å². The van der Waals surface area contributed by atoms with Gasteiger partial charge >= 0.3 is 0 Å². The van der Waals surface area contributed by atoms with E-state index in [1.54, 1.807) is 6.07 Å². The fourth-order valence-corrected chi connectivity index (χ4v) is 2.26. The quantitative estimate of drug-likeness (QED) is 0.798. The molecule has 0 atom stereocenters. The highest BCUT2D eigenvalue weighted by Crippen LogP contribution is 2.27. The van der Waals surface area contributed by atoms with E-state index in [0.717, 1.165) is 11.1 Å². The summed E-state index contributed by atoms with van der Waals surface area (Å²) in [6, 6.07) is 9.14. The minimum Gasteiger partial charge on any atom is -0.334 e. The Hall–Kier alpha value is -1.95. The van der Waals surface area contributed by atoms with Crippen molar-refractivity contribution in [1.29, 1.82) is 0 Å². The third-order valence-electron chi connectivity index (χ3n) is 2.88. The molecule has 0 aliphatic heterocycles. The van der Waals surface area contributed by atoms with Crippen LogP contribution in [0.4, 0.5) is 0 Å². The fraction of sp³-hybridized carbons (Fsp3) is 0.0714. The molecular formula is C14H10Cl2N4O. The van der Waals surface area contributed by atoms with Crippen LogP contribution in [0.15, 0.2) is 41.1 Å². The first kappa shape index (κ1) is 14.0. The molecule has 106 valence electrons. The van der Waals surface area contributed by atoms with Crippen LogP contribution in [0.5, 0.6) is 0 Å². The molecule has 0 amide bonds. The molecule has 5 nitrogen and oxygen atoms in total. The van der Waals surface area contributed by atoms with Gasteiger partial charge in [0.05, 0.1) is 10.0 Å². The lowest BCUT2D eigenvalue weighted by Gasteiger charge is -1.98. The number of hydrogen-bond donors (Lipinski definition) is 1. The first-order valence-corrected chi connectivity index (χ1v) is 6.87. The molecule has 0 unspecified atom stereocenters. The van der Waals surface area contributed by atoms with E-state index in [4.69, 9.17) is 33.5 Å². The maximum Gasteiger partial charge on any atom is 0.258 e. The van der Waals surface area contributed by atoms with Crippen LogP contribution < -0.4 is 5.73 Å². The molecule has 0 saturated heterocycles. The molecule has 0 spiro atoms. The van der Waals surface area contributed by atoms with Crippen molar-refractivity contribution in [2.75, 3.05) is 0 Å². The molecule has 2 heterocycles. The summed E-state index contributed by atoms with van der Waals surface area (Å²) >= 11 is 11.9. The molecule has 2 aromatic heterocycles. The van der Waals surface area contributed by atoms with Crippen molar-refractivity contribution in [2.45, 2.75) is 6.54 Å². The summed E-state index contributed by atoms with van der Waals surface area (Å²) in [5.74, 6) is 0.705. The van der Waals surface area contributed by atoms with Gasteiger partial charge in [-0.3, -0.25) is 0 Å². The van der Waals surface area contributed by atoms with Gasteiger partial charge in [-0.1, -0.05) is 40.5 Å². The van der Waals surface area contributed by atoms with Crippen LogP contribution in [0.3, 0.4) is 0 Å². The number of nitrogens with zero attached hydrogens (tertiary/aromatic N) is 3. The second-order valence-electron chi connectivity index (χ2n) is 4.31. The molecule has 0 fully saturated rings. The van der Waals surface area contributed by atoms with E-state index in [1.165, 1.54) is 6.20 Å². The van der Waals surface area contributed by atoms with Gasteiger partial charge in [-0.2, -0.15) is 4.98 Å². The molecule has 0 aliphatic rings. The average Bonchev–Trinajstić information content (AvgIpc) is 2.97. The van der Waals surface area contributed by atoms with Gasteiger partial charge < -0.3 is 10.3 Å². The highest BCUT2D eigenvalue weighted by atomic mass is 35.5. The lowest BCUT2D eigenvalue weighted by Crippen LogP contribution is -1.95. The molecule has 7 heteroatoms. The Morgan fingerprint density at radius 3 is 2.57 bits per heavy atom. The van der Waals surface area contributed by atoms with Gasteiger partial charge in [0.2, 0.25) is 5.82 Å². The first-order chi connectivity index (χ1) is 10.2.